The van der Waals surface area contributed by atoms with Crippen molar-refractivity contribution in [1.29, 1.82) is 0 Å². The van der Waals surface area contributed by atoms with Gasteiger partial charge in [-0.05, 0) is 31.2 Å². The summed E-state index contributed by atoms with van der Waals surface area (Å²) in [5, 5.41) is 0. The van der Waals surface area contributed by atoms with E-state index in [-0.39, 0.29) is 5.78 Å². The molecule has 0 saturated carbocycles. The number of hydrogen-bond donors (Lipinski definition) is 0. The second-order valence-electron chi connectivity index (χ2n) is 4.67. The highest BCUT2D eigenvalue weighted by molar-refractivity contribution is 6.06. The lowest BCUT2D eigenvalue weighted by atomic mass is 10.1. The fraction of sp³-hybridized carbons (Fsp3) is 0.167. The summed E-state index contributed by atoms with van der Waals surface area (Å²) < 4.78 is 10.4. The smallest absolute Gasteiger partial charge is 0.185 e. The van der Waals surface area contributed by atoms with Crippen LogP contribution in [0, 0.1) is 6.92 Å². The Hall–Kier alpha value is -2.55. The molecule has 3 nitrogen and oxygen atoms in total. The molecule has 0 bridgehead atoms. The van der Waals surface area contributed by atoms with Gasteiger partial charge in [0, 0.05) is 17.2 Å². The molecule has 2 rings (SSSR count). The minimum atomic E-state index is -0.0344. The van der Waals surface area contributed by atoms with E-state index in [0.717, 1.165) is 11.1 Å². The van der Waals surface area contributed by atoms with Gasteiger partial charge in [-0.3, -0.25) is 4.79 Å². The van der Waals surface area contributed by atoms with Crippen LogP contribution in [-0.2, 0) is 0 Å². The van der Waals surface area contributed by atoms with Gasteiger partial charge in [0.2, 0.25) is 0 Å². The van der Waals surface area contributed by atoms with Crippen molar-refractivity contribution in [3.63, 3.8) is 0 Å². The first kappa shape index (κ1) is 14.9. The first-order valence-electron chi connectivity index (χ1n) is 6.65. The fourth-order valence-electron chi connectivity index (χ4n) is 1.94. The molecule has 3 heteroatoms. The molecule has 21 heavy (non-hydrogen) atoms. The Kier molecular flexibility index (Phi) is 4.77. The summed E-state index contributed by atoms with van der Waals surface area (Å²) in [6, 6.07) is 13.0. The van der Waals surface area contributed by atoms with E-state index in [1.54, 1.807) is 32.4 Å². The molecule has 0 fully saturated rings. The van der Waals surface area contributed by atoms with E-state index in [4.69, 9.17) is 9.47 Å². The predicted octanol–water partition coefficient (Wildman–Crippen LogP) is 3.91. The summed E-state index contributed by atoms with van der Waals surface area (Å²) in [4.78, 5) is 12.1. The number of benzene rings is 2. The molecule has 0 spiro atoms. The van der Waals surface area contributed by atoms with Crippen LogP contribution in [0.4, 0.5) is 0 Å². The largest absolute Gasteiger partial charge is 0.497 e. The molecule has 0 amide bonds. The average molecular weight is 282 g/mol. The Bertz CT molecular complexity index is 655. The lowest BCUT2D eigenvalue weighted by Gasteiger charge is -2.07. The summed E-state index contributed by atoms with van der Waals surface area (Å²) in [6.07, 6.45) is 3.30. The number of hydrogen-bond acceptors (Lipinski definition) is 3. The summed E-state index contributed by atoms with van der Waals surface area (Å²) >= 11 is 0. The first-order valence-corrected chi connectivity index (χ1v) is 6.65. The lowest BCUT2D eigenvalue weighted by molar-refractivity contribution is 0.104. The predicted molar refractivity (Wildman–Crippen MR) is 84.1 cm³/mol. The van der Waals surface area contributed by atoms with Gasteiger partial charge in [-0.25, -0.2) is 0 Å². The number of carbonyl (C=O) groups is 1. The zero-order valence-electron chi connectivity index (χ0n) is 12.4. The van der Waals surface area contributed by atoms with E-state index in [9.17, 15) is 4.79 Å². The Labute approximate surface area is 124 Å². The van der Waals surface area contributed by atoms with Crippen molar-refractivity contribution >= 4 is 11.9 Å². The molecule has 0 saturated heterocycles. The maximum absolute atomic E-state index is 12.1. The van der Waals surface area contributed by atoms with Crippen molar-refractivity contribution in [2.75, 3.05) is 14.2 Å². The quantitative estimate of drug-likeness (QED) is 0.616. The van der Waals surface area contributed by atoms with Crippen LogP contribution in [0.1, 0.15) is 21.5 Å². The second-order valence-corrected chi connectivity index (χ2v) is 4.67. The molecule has 0 aliphatic carbocycles. The fourth-order valence-corrected chi connectivity index (χ4v) is 1.94. The maximum Gasteiger partial charge on any atom is 0.185 e. The topological polar surface area (TPSA) is 35.5 Å². The first-order chi connectivity index (χ1) is 10.1. The minimum absolute atomic E-state index is 0.0344. The highest BCUT2D eigenvalue weighted by Gasteiger charge is 2.04. The molecule has 0 N–H and O–H groups in total. The second kappa shape index (κ2) is 6.75. The van der Waals surface area contributed by atoms with Crippen molar-refractivity contribution < 1.29 is 14.3 Å². The highest BCUT2D eigenvalue weighted by atomic mass is 16.5. The maximum atomic E-state index is 12.1. The van der Waals surface area contributed by atoms with Crippen LogP contribution >= 0.6 is 0 Å². The molecule has 2 aromatic carbocycles. The van der Waals surface area contributed by atoms with Crippen LogP contribution in [0.5, 0.6) is 11.5 Å². The number of rotatable bonds is 5. The molecular weight excluding hydrogens is 264 g/mol. The summed E-state index contributed by atoms with van der Waals surface area (Å²) in [7, 11) is 3.19. The monoisotopic (exact) mass is 282 g/mol. The molecule has 2 aromatic rings. The molecule has 0 aliphatic rings. The van der Waals surface area contributed by atoms with Crippen molar-refractivity contribution in [2.45, 2.75) is 6.92 Å². The molecule has 0 heterocycles. The Morgan fingerprint density at radius 1 is 1.00 bits per heavy atom. The van der Waals surface area contributed by atoms with Gasteiger partial charge in [-0.1, -0.05) is 29.8 Å². The number of carbonyl (C=O) groups excluding carboxylic acids is 1. The van der Waals surface area contributed by atoms with Gasteiger partial charge in [-0.2, -0.15) is 0 Å². The molecule has 0 radical (unpaired) electrons. The summed E-state index contributed by atoms with van der Waals surface area (Å²) in [6.45, 7) is 1.99. The number of ether oxygens (including phenoxy) is 2. The van der Waals surface area contributed by atoms with Crippen LogP contribution < -0.4 is 9.47 Å². The van der Waals surface area contributed by atoms with Gasteiger partial charge in [0.25, 0.3) is 0 Å². The van der Waals surface area contributed by atoms with Crippen LogP contribution in [0.3, 0.4) is 0 Å². The van der Waals surface area contributed by atoms with E-state index in [2.05, 4.69) is 0 Å². The van der Waals surface area contributed by atoms with Crippen LogP contribution in [0.2, 0.25) is 0 Å². The zero-order chi connectivity index (χ0) is 15.2. The van der Waals surface area contributed by atoms with E-state index in [0.29, 0.717) is 17.1 Å². The van der Waals surface area contributed by atoms with E-state index < -0.39 is 0 Å². The van der Waals surface area contributed by atoms with Gasteiger partial charge < -0.3 is 9.47 Å². The third-order valence-electron chi connectivity index (χ3n) is 3.19. The Balaban J connectivity index is 2.20. The lowest BCUT2D eigenvalue weighted by Crippen LogP contribution is -1.94. The third kappa shape index (κ3) is 3.72. The standard InChI is InChI=1S/C18H18O3/c1-13-4-6-14(7-5-13)17(19)11-9-15-8-10-16(20-2)12-18(15)21-3/h4-12H,1-3H3. The number of aryl methyl sites for hydroxylation is 1. The molecular formula is C18H18O3. The number of ketones is 1. The average Bonchev–Trinajstić information content (AvgIpc) is 2.53. The Morgan fingerprint density at radius 3 is 2.33 bits per heavy atom. The van der Waals surface area contributed by atoms with Gasteiger partial charge >= 0.3 is 0 Å². The molecule has 0 aromatic heterocycles. The van der Waals surface area contributed by atoms with Crippen molar-refractivity contribution in [3.05, 3.63) is 65.2 Å². The number of methoxy groups -OCH3 is 2. The van der Waals surface area contributed by atoms with Gasteiger partial charge in [-0.15, -0.1) is 0 Å². The number of allylic oxidation sites excluding steroid dienone is 1. The van der Waals surface area contributed by atoms with Crippen LogP contribution in [0.15, 0.2) is 48.5 Å². The van der Waals surface area contributed by atoms with Gasteiger partial charge in [0.05, 0.1) is 14.2 Å². The molecule has 0 atom stereocenters. The third-order valence-corrected chi connectivity index (χ3v) is 3.19. The van der Waals surface area contributed by atoms with Gasteiger partial charge in [0.15, 0.2) is 5.78 Å². The van der Waals surface area contributed by atoms with Crippen molar-refractivity contribution in [1.82, 2.24) is 0 Å². The Morgan fingerprint density at radius 2 is 1.71 bits per heavy atom. The SMILES string of the molecule is COc1ccc(C=CC(=O)c2ccc(C)cc2)c(OC)c1. The van der Waals surface area contributed by atoms with E-state index >= 15 is 0 Å². The van der Waals surface area contributed by atoms with Gasteiger partial charge in [0.1, 0.15) is 11.5 Å². The minimum Gasteiger partial charge on any atom is -0.497 e. The molecule has 0 aliphatic heterocycles. The summed E-state index contributed by atoms with van der Waals surface area (Å²) in [5.41, 5.74) is 2.63. The van der Waals surface area contributed by atoms with Crippen molar-refractivity contribution in [3.8, 4) is 11.5 Å². The van der Waals surface area contributed by atoms with E-state index in [1.165, 1.54) is 0 Å². The van der Waals surface area contributed by atoms with E-state index in [1.807, 2.05) is 43.3 Å². The summed E-state index contributed by atoms with van der Waals surface area (Å²) in [5.74, 6) is 1.35. The van der Waals surface area contributed by atoms with Crippen molar-refractivity contribution in [2.24, 2.45) is 0 Å². The van der Waals surface area contributed by atoms with Crippen LogP contribution in [0.25, 0.3) is 6.08 Å². The van der Waals surface area contributed by atoms with Crippen LogP contribution in [-0.4, -0.2) is 20.0 Å². The molecule has 108 valence electrons. The normalized spacial score (nSPS) is 10.6. The molecule has 0 unspecified atom stereocenters. The highest BCUT2D eigenvalue weighted by Crippen LogP contribution is 2.25. The zero-order valence-corrected chi connectivity index (χ0v) is 12.4.